The number of aromatic amines is 1. The first-order chi connectivity index (χ1) is 31.6. The van der Waals surface area contributed by atoms with E-state index in [0.29, 0.717) is 64.1 Å². The van der Waals surface area contributed by atoms with Gasteiger partial charge in [0.15, 0.2) is 30.6 Å². The predicted molar refractivity (Wildman–Crippen MR) is 246 cm³/mol. The molecule has 66 heavy (non-hydrogen) atoms. The van der Waals surface area contributed by atoms with Crippen LogP contribution in [0.3, 0.4) is 0 Å². The Balaban J connectivity index is 1.02. The summed E-state index contributed by atoms with van der Waals surface area (Å²) in [7, 11) is 0. The van der Waals surface area contributed by atoms with E-state index in [9.17, 15) is 22.8 Å². The number of alkyl halides is 3. The van der Waals surface area contributed by atoms with Gasteiger partial charge < -0.3 is 41.9 Å². The van der Waals surface area contributed by atoms with Crippen molar-refractivity contribution in [3.8, 4) is 34.3 Å². The average molecular weight is 901 g/mol. The van der Waals surface area contributed by atoms with Crippen LogP contribution >= 0.6 is 0 Å². The standard InChI is InChI=1S/C47H47F3N12O4/c1-26(2)54-42(63)24-65-35-9-5-7-29(19-35)45-58-38(28(4)44(61-45)57-34-12-14-37(52)31(17-34)22-51)15-11-27(3)55-43(64)25-66-36-10-6-8-30(20-36)46-59-40(47(48,49)50)21-41(60-46)56-33-13-16-39-32(18-33)23-53-62-39/h5-10,12-14,16-23,26-27,51H,11,15,24-25,52H2,1-4H3,(H,53,62)(H,54,63)(H,55,64)(H,56,59,60)(H,57,58,61). The summed E-state index contributed by atoms with van der Waals surface area (Å²) in [5.74, 6) is 0.646. The molecule has 7 rings (SSSR count). The number of carbonyl (C=O) groups is 2. The van der Waals surface area contributed by atoms with E-state index < -0.39 is 17.8 Å². The minimum atomic E-state index is -4.75. The molecule has 0 aliphatic rings. The highest BCUT2D eigenvalue weighted by molar-refractivity contribution is 5.87. The molecule has 16 nitrogen and oxygen atoms in total. The third kappa shape index (κ3) is 11.9. The van der Waals surface area contributed by atoms with Crippen molar-refractivity contribution in [2.45, 2.75) is 58.8 Å². The van der Waals surface area contributed by atoms with Crippen LogP contribution in [0.25, 0.3) is 33.7 Å². The second-order valence-corrected chi connectivity index (χ2v) is 15.7. The van der Waals surface area contributed by atoms with Crippen LogP contribution in [-0.2, 0) is 22.2 Å². The summed E-state index contributed by atoms with van der Waals surface area (Å²) in [4.78, 5) is 43.3. The lowest BCUT2D eigenvalue weighted by Crippen LogP contribution is -2.36. The number of rotatable bonds is 18. The third-order valence-electron chi connectivity index (χ3n) is 10.1. The van der Waals surface area contributed by atoms with Crippen molar-refractivity contribution in [2.75, 3.05) is 29.6 Å². The average Bonchev–Trinajstić information content (AvgIpc) is 3.76. The first kappa shape index (κ1) is 45.9. The molecular weight excluding hydrogens is 854 g/mol. The first-order valence-electron chi connectivity index (χ1n) is 20.9. The highest BCUT2D eigenvalue weighted by Gasteiger charge is 2.34. The summed E-state index contributed by atoms with van der Waals surface area (Å²) in [6.07, 6.45) is -1.07. The van der Waals surface area contributed by atoms with Gasteiger partial charge in [0, 0.05) is 74.8 Å². The summed E-state index contributed by atoms with van der Waals surface area (Å²) in [6, 6.07) is 24.1. The zero-order chi connectivity index (χ0) is 47.0. The molecule has 3 aromatic heterocycles. The minimum Gasteiger partial charge on any atom is -0.484 e. The van der Waals surface area contributed by atoms with Crippen molar-refractivity contribution < 1.29 is 32.2 Å². The molecule has 0 saturated heterocycles. The van der Waals surface area contributed by atoms with Crippen molar-refractivity contribution in [3.05, 3.63) is 120 Å². The Morgan fingerprint density at radius 2 is 1.45 bits per heavy atom. The van der Waals surface area contributed by atoms with E-state index in [1.165, 1.54) is 12.3 Å². The zero-order valence-electron chi connectivity index (χ0n) is 36.4. The lowest BCUT2D eigenvalue weighted by atomic mass is 10.1. The molecule has 0 radical (unpaired) electrons. The molecule has 1 unspecified atom stereocenters. The van der Waals surface area contributed by atoms with Crippen LogP contribution in [0.5, 0.6) is 11.5 Å². The number of aromatic nitrogens is 6. The molecule has 3 heterocycles. The van der Waals surface area contributed by atoms with E-state index in [1.807, 2.05) is 33.8 Å². The predicted octanol–water partition coefficient (Wildman–Crippen LogP) is 8.29. The number of hydrogen-bond acceptors (Lipinski definition) is 13. The van der Waals surface area contributed by atoms with Crippen molar-refractivity contribution in [1.82, 2.24) is 40.8 Å². The van der Waals surface area contributed by atoms with Gasteiger partial charge >= 0.3 is 6.18 Å². The number of anilines is 5. The molecule has 0 aliphatic heterocycles. The molecule has 0 saturated carbocycles. The van der Waals surface area contributed by atoms with Gasteiger partial charge in [0.1, 0.15) is 23.1 Å². The molecule has 1 atom stereocenters. The minimum absolute atomic E-state index is 0.0315. The van der Waals surface area contributed by atoms with Crippen molar-refractivity contribution in [2.24, 2.45) is 0 Å². The molecule has 7 aromatic rings. The topological polar surface area (TPSA) is 231 Å². The van der Waals surface area contributed by atoms with Crippen molar-refractivity contribution >= 4 is 57.6 Å². The number of benzene rings is 4. The monoisotopic (exact) mass is 900 g/mol. The number of nitrogens with two attached hydrogens (primary N) is 1. The van der Waals surface area contributed by atoms with Crippen LogP contribution in [0.4, 0.5) is 41.9 Å². The number of nitrogen functional groups attached to an aromatic ring is 1. The van der Waals surface area contributed by atoms with Gasteiger partial charge in [0.05, 0.1) is 11.7 Å². The molecule has 0 fully saturated rings. The Morgan fingerprint density at radius 1 is 0.803 bits per heavy atom. The van der Waals surface area contributed by atoms with Crippen LogP contribution < -0.4 is 36.5 Å². The normalized spacial score (nSPS) is 11.8. The Hall–Kier alpha value is -8.09. The molecule has 0 aliphatic carbocycles. The lowest BCUT2D eigenvalue weighted by molar-refractivity contribution is -0.141. The first-order valence-corrected chi connectivity index (χ1v) is 20.9. The second kappa shape index (κ2) is 20.2. The molecule has 2 amide bonds. The van der Waals surface area contributed by atoms with Gasteiger partial charge in [0.2, 0.25) is 0 Å². The Bertz CT molecular complexity index is 2890. The maximum Gasteiger partial charge on any atom is 0.433 e. The van der Waals surface area contributed by atoms with E-state index in [4.69, 9.17) is 30.6 Å². The lowest BCUT2D eigenvalue weighted by Gasteiger charge is -2.18. The van der Waals surface area contributed by atoms with Crippen LogP contribution in [-0.4, -0.2) is 73.5 Å². The largest absolute Gasteiger partial charge is 0.484 e. The number of fused-ring (bicyclic) bond motifs is 1. The van der Waals surface area contributed by atoms with E-state index in [-0.39, 0.29) is 54.2 Å². The Morgan fingerprint density at radius 3 is 2.12 bits per heavy atom. The summed E-state index contributed by atoms with van der Waals surface area (Å²) >= 11 is 0. The number of aryl methyl sites for hydroxylation is 1. The van der Waals surface area contributed by atoms with Gasteiger partial charge in [-0.2, -0.15) is 18.3 Å². The number of ether oxygens (including phenoxy) is 2. The molecule has 19 heteroatoms. The van der Waals surface area contributed by atoms with Gasteiger partial charge in [-0.05, 0) is 101 Å². The highest BCUT2D eigenvalue weighted by Crippen LogP contribution is 2.33. The van der Waals surface area contributed by atoms with Gasteiger partial charge in [-0.3, -0.25) is 14.7 Å². The Kier molecular flexibility index (Phi) is 14.0. The maximum atomic E-state index is 14.0. The summed E-state index contributed by atoms with van der Waals surface area (Å²) in [6.45, 7) is 6.93. The highest BCUT2D eigenvalue weighted by atomic mass is 19.4. The van der Waals surface area contributed by atoms with E-state index in [0.717, 1.165) is 22.5 Å². The molecule has 8 N–H and O–H groups in total. The van der Waals surface area contributed by atoms with Crippen LogP contribution in [0.2, 0.25) is 0 Å². The smallest absolute Gasteiger partial charge is 0.433 e. The second-order valence-electron chi connectivity index (χ2n) is 15.7. The molecule has 340 valence electrons. The number of H-pyrrole nitrogens is 1. The fraction of sp³-hybridized carbons (Fsp3) is 0.234. The fourth-order valence-electron chi connectivity index (χ4n) is 6.78. The molecular formula is C47H47F3N12O4. The maximum absolute atomic E-state index is 14.0. The summed E-state index contributed by atoms with van der Waals surface area (Å²) in [5.41, 5.74) is 10.2. The number of hydrogen-bond donors (Lipinski definition) is 7. The number of amides is 2. The quantitative estimate of drug-likeness (QED) is 0.0319. The van der Waals surface area contributed by atoms with Gasteiger partial charge in [0.25, 0.3) is 11.8 Å². The van der Waals surface area contributed by atoms with Crippen LogP contribution in [0.1, 0.15) is 49.7 Å². The fourth-order valence-corrected chi connectivity index (χ4v) is 6.78. The van der Waals surface area contributed by atoms with E-state index in [2.05, 4.69) is 41.4 Å². The summed E-state index contributed by atoms with van der Waals surface area (Å²) in [5, 5.41) is 27.3. The van der Waals surface area contributed by atoms with Crippen LogP contribution in [0, 0.1) is 12.3 Å². The van der Waals surface area contributed by atoms with Gasteiger partial charge in [-0.15, -0.1) is 0 Å². The zero-order valence-corrected chi connectivity index (χ0v) is 36.4. The molecule has 0 bridgehead atoms. The van der Waals surface area contributed by atoms with Crippen LogP contribution in [0.15, 0.2) is 97.2 Å². The van der Waals surface area contributed by atoms with Gasteiger partial charge in [-0.25, -0.2) is 19.9 Å². The van der Waals surface area contributed by atoms with E-state index in [1.54, 1.807) is 79.0 Å². The summed E-state index contributed by atoms with van der Waals surface area (Å²) < 4.78 is 53.6. The SMILES string of the molecule is Cc1c(CCC(C)NC(=O)COc2cccc(-c3nc(Nc4ccc5[nH]ncc5c4)cc(C(F)(F)F)n3)c2)nc(-c2cccc(OCC(=O)NC(C)C)c2)nc1Nc1ccc(N)c(C=N)c1. The number of carbonyl (C=O) groups excluding carboxylic acids is 2. The van der Waals surface area contributed by atoms with Crippen molar-refractivity contribution in [3.63, 3.8) is 0 Å². The third-order valence-corrected chi connectivity index (χ3v) is 10.1. The van der Waals surface area contributed by atoms with E-state index >= 15 is 0 Å². The van der Waals surface area contributed by atoms with Crippen molar-refractivity contribution in [1.29, 1.82) is 5.41 Å². The molecule has 0 spiro atoms. The number of nitrogens with zero attached hydrogens (tertiary/aromatic N) is 5. The molecule has 4 aromatic carbocycles. The number of nitrogens with one attached hydrogen (secondary N) is 6. The Labute approximate surface area is 377 Å². The van der Waals surface area contributed by atoms with Gasteiger partial charge in [-0.1, -0.05) is 24.3 Å². The number of halogens is 3.